The molecular formula is C21H28O6. The van der Waals surface area contributed by atoms with Crippen LogP contribution in [0.1, 0.15) is 40.0 Å². The minimum absolute atomic E-state index is 0.102. The minimum atomic E-state index is -1.70. The van der Waals surface area contributed by atoms with E-state index in [1.807, 2.05) is 13.8 Å². The summed E-state index contributed by atoms with van der Waals surface area (Å²) >= 11 is 0. The van der Waals surface area contributed by atoms with Crippen LogP contribution in [-0.4, -0.2) is 47.1 Å². The van der Waals surface area contributed by atoms with Crippen LogP contribution in [0.2, 0.25) is 0 Å². The van der Waals surface area contributed by atoms with Crippen molar-refractivity contribution >= 4 is 11.8 Å². The molecule has 3 aliphatic rings. The molecule has 0 aromatic heterocycles. The first-order valence-corrected chi connectivity index (χ1v) is 9.40. The van der Waals surface area contributed by atoms with Gasteiger partial charge in [-0.1, -0.05) is 38.2 Å². The van der Waals surface area contributed by atoms with E-state index < -0.39 is 29.9 Å². The fraction of sp³-hybridized carbons (Fsp3) is 0.619. The molecule has 2 bridgehead atoms. The fourth-order valence-corrected chi connectivity index (χ4v) is 3.64. The third-order valence-electron chi connectivity index (χ3n) is 5.91. The molecule has 0 radical (unpaired) electrons. The molecule has 6 nitrogen and oxygen atoms in total. The van der Waals surface area contributed by atoms with Gasteiger partial charge in [0.15, 0.2) is 11.6 Å². The van der Waals surface area contributed by atoms with Crippen LogP contribution < -0.4 is 0 Å². The number of esters is 1. The number of aliphatic hydroxyl groups is 1. The first kappa shape index (κ1) is 20.0. The van der Waals surface area contributed by atoms with Crippen LogP contribution in [0.4, 0.5) is 0 Å². The van der Waals surface area contributed by atoms with Crippen molar-refractivity contribution in [3.05, 3.63) is 36.5 Å². The summed E-state index contributed by atoms with van der Waals surface area (Å²) in [4.78, 5) is 24.8. The molecule has 148 valence electrons. The van der Waals surface area contributed by atoms with Crippen LogP contribution in [0.3, 0.4) is 0 Å². The van der Waals surface area contributed by atoms with Crippen LogP contribution in [0.25, 0.3) is 0 Å². The van der Waals surface area contributed by atoms with Gasteiger partial charge in [0.1, 0.15) is 18.6 Å². The topological polar surface area (TPSA) is 85.4 Å². The number of rotatable bonds is 2. The molecule has 1 N–H and O–H groups in total. The number of fused-ring (bicyclic) bond motifs is 4. The van der Waals surface area contributed by atoms with E-state index in [1.54, 1.807) is 13.0 Å². The molecule has 0 aromatic carbocycles. The van der Waals surface area contributed by atoms with Gasteiger partial charge in [-0.2, -0.15) is 0 Å². The maximum atomic E-state index is 12.6. The SMILES string of the molecule is C=C(C)[C@@H](C)[C@@H]1/C=C/C(=O)C[C@@H]2O[C@H]2[C@@H]2CC(=C)[C@@H](C)[C@](O)(CC(=O)O1)O2. The van der Waals surface area contributed by atoms with Gasteiger partial charge in [-0.15, -0.1) is 0 Å². The molecule has 2 fully saturated rings. The van der Waals surface area contributed by atoms with Gasteiger partial charge in [0.2, 0.25) is 0 Å². The van der Waals surface area contributed by atoms with E-state index in [4.69, 9.17) is 14.2 Å². The van der Waals surface area contributed by atoms with Gasteiger partial charge in [-0.3, -0.25) is 9.59 Å². The summed E-state index contributed by atoms with van der Waals surface area (Å²) in [6, 6.07) is 0. The fourth-order valence-electron chi connectivity index (χ4n) is 3.64. The second-order valence-corrected chi connectivity index (χ2v) is 8.02. The number of epoxide rings is 1. The summed E-state index contributed by atoms with van der Waals surface area (Å²) in [6.07, 6.45) is 1.87. The van der Waals surface area contributed by atoms with E-state index in [9.17, 15) is 14.7 Å². The molecule has 27 heavy (non-hydrogen) atoms. The van der Waals surface area contributed by atoms with Gasteiger partial charge >= 0.3 is 5.97 Å². The highest BCUT2D eigenvalue weighted by Crippen LogP contribution is 2.44. The van der Waals surface area contributed by atoms with Gasteiger partial charge in [0.05, 0.1) is 12.2 Å². The molecule has 0 saturated carbocycles. The number of ketones is 1. The number of hydrogen-bond acceptors (Lipinski definition) is 6. The van der Waals surface area contributed by atoms with Crippen molar-refractivity contribution in [3.8, 4) is 0 Å². The Bertz CT molecular complexity index is 695. The van der Waals surface area contributed by atoms with Crippen LogP contribution in [0.15, 0.2) is 36.5 Å². The normalized spacial score (nSPS) is 41.9. The zero-order valence-corrected chi connectivity index (χ0v) is 16.1. The Kier molecular flexibility index (Phi) is 5.43. The zero-order chi connectivity index (χ0) is 19.9. The number of allylic oxidation sites excluding steroid dienone is 1. The Morgan fingerprint density at radius 2 is 2.04 bits per heavy atom. The predicted molar refractivity (Wildman–Crippen MR) is 98.6 cm³/mol. The van der Waals surface area contributed by atoms with Crippen molar-refractivity contribution in [2.45, 2.75) is 70.2 Å². The minimum Gasteiger partial charge on any atom is -0.457 e. The molecule has 7 atom stereocenters. The third-order valence-corrected chi connectivity index (χ3v) is 5.91. The summed E-state index contributed by atoms with van der Waals surface area (Å²) in [6.45, 7) is 13.4. The molecule has 0 unspecified atom stereocenters. The van der Waals surface area contributed by atoms with Crippen molar-refractivity contribution in [1.82, 2.24) is 0 Å². The molecule has 0 amide bonds. The van der Waals surface area contributed by atoms with E-state index in [2.05, 4.69) is 13.2 Å². The Morgan fingerprint density at radius 3 is 2.70 bits per heavy atom. The lowest BCUT2D eigenvalue weighted by atomic mass is 9.83. The van der Waals surface area contributed by atoms with E-state index in [0.717, 1.165) is 11.1 Å². The summed E-state index contributed by atoms with van der Waals surface area (Å²) < 4.78 is 17.1. The number of carbonyl (C=O) groups is 2. The summed E-state index contributed by atoms with van der Waals surface area (Å²) in [5, 5.41) is 11.0. The highest BCUT2D eigenvalue weighted by molar-refractivity contribution is 5.90. The molecule has 2 saturated heterocycles. The zero-order valence-electron chi connectivity index (χ0n) is 16.1. The van der Waals surface area contributed by atoms with Crippen molar-refractivity contribution < 1.29 is 28.9 Å². The summed E-state index contributed by atoms with van der Waals surface area (Å²) in [5.74, 6) is -2.99. The monoisotopic (exact) mass is 376 g/mol. The molecule has 0 spiro atoms. The predicted octanol–water partition coefficient (Wildman–Crippen LogP) is 2.47. The largest absolute Gasteiger partial charge is 0.457 e. The van der Waals surface area contributed by atoms with E-state index in [-0.39, 0.29) is 36.8 Å². The van der Waals surface area contributed by atoms with Crippen LogP contribution in [0.5, 0.6) is 0 Å². The quantitative estimate of drug-likeness (QED) is 0.453. The van der Waals surface area contributed by atoms with Crippen LogP contribution in [-0.2, 0) is 23.8 Å². The van der Waals surface area contributed by atoms with E-state index in [0.29, 0.717) is 6.42 Å². The number of carbonyl (C=O) groups excluding carboxylic acids is 2. The van der Waals surface area contributed by atoms with E-state index >= 15 is 0 Å². The number of hydrogen-bond donors (Lipinski definition) is 1. The highest BCUT2D eigenvalue weighted by Gasteiger charge is 2.54. The summed E-state index contributed by atoms with van der Waals surface area (Å²) in [5.41, 5.74) is 1.62. The van der Waals surface area contributed by atoms with Crippen LogP contribution >= 0.6 is 0 Å². The van der Waals surface area contributed by atoms with Gasteiger partial charge < -0.3 is 19.3 Å². The van der Waals surface area contributed by atoms with Gasteiger partial charge in [0, 0.05) is 18.3 Å². The van der Waals surface area contributed by atoms with Gasteiger partial charge in [-0.05, 0) is 25.5 Å². The average molecular weight is 376 g/mol. The number of ether oxygens (including phenoxy) is 3. The molecule has 0 aliphatic carbocycles. The second-order valence-electron chi connectivity index (χ2n) is 8.02. The standard InChI is InChI=1S/C21H28O6/c1-11(2)13(4)16-7-6-15(22)9-17-20(26-17)18-8-12(3)14(5)21(24,27-18)10-19(23)25-16/h6-7,13-14,16-18,20,24H,1,3,8-10H2,2,4-5H3/b7-6+/t13-,14-,16+,17+,18+,20-,21+/m1/s1. The maximum absolute atomic E-state index is 12.6. The highest BCUT2D eigenvalue weighted by atomic mass is 16.7. The van der Waals surface area contributed by atoms with Gasteiger partial charge in [-0.25, -0.2) is 0 Å². The van der Waals surface area contributed by atoms with Crippen molar-refractivity contribution in [3.63, 3.8) is 0 Å². The number of cyclic esters (lactones) is 1. The van der Waals surface area contributed by atoms with Crippen molar-refractivity contribution in [2.75, 3.05) is 0 Å². The Hall–Kier alpha value is -1.76. The molecule has 3 rings (SSSR count). The lowest BCUT2D eigenvalue weighted by Crippen LogP contribution is -2.51. The van der Waals surface area contributed by atoms with Crippen molar-refractivity contribution in [2.24, 2.45) is 11.8 Å². The Morgan fingerprint density at radius 1 is 1.33 bits per heavy atom. The molecule has 3 aliphatic heterocycles. The average Bonchev–Trinajstić information content (AvgIpc) is 3.33. The Labute approximate surface area is 159 Å². The Balaban J connectivity index is 1.89. The van der Waals surface area contributed by atoms with Gasteiger partial charge in [0.25, 0.3) is 0 Å². The molecular weight excluding hydrogens is 348 g/mol. The first-order chi connectivity index (χ1) is 12.6. The summed E-state index contributed by atoms with van der Waals surface area (Å²) in [7, 11) is 0. The van der Waals surface area contributed by atoms with Crippen molar-refractivity contribution in [1.29, 1.82) is 0 Å². The lowest BCUT2D eigenvalue weighted by molar-refractivity contribution is -0.271. The first-order valence-electron chi connectivity index (χ1n) is 9.40. The molecule has 0 aromatic rings. The lowest BCUT2D eigenvalue weighted by Gasteiger charge is -2.42. The molecule has 6 heteroatoms. The smallest absolute Gasteiger partial charge is 0.311 e. The maximum Gasteiger partial charge on any atom is 0.311 e. The van der Waals surface area contributed by atoms with E-state index in [1.165, 1.54) is 6.08 Å². The van der Waals surface area contributed by atoms with Crippen LogP contribution in [0, 0.1) is 11.8 Å². The second kappa shape index (κ2) is 7.34. The molecule has 3 heterocycles. The third kappa shape index (κ3) is 4.23.